The Morgan fingerprint density at radius 3 is 2.94 bits per heavy atom. The highest BCUT2D eigenvalue weighted by atomic mass is 35.5. The molecule has 4 aromatic rings. The second-order valence-corrected chi connectivity index (χ2v) is 8.65. The summed E-state index contributed by atoms with van der Waals surface area (Å²) in [7, 11) is 0. The van der Waals surface area contributed by atoms with Crippen molar-refractivity contribution in [1.29, 1.82) is 0 Å². The highest BCUT2D eigenvalue weighted by molar-refractivity contribution is 7.71. The number of fused-ring (bicyclic) bond motifs is 1. The molecule has 1 atom stereocenters. The molecule has 4 N–H and O–H groups in total. The number of amides is 1. The van der Waals surface area contributed by atoms with Crippen molar-refractivity contribution in [2.24, 2.45) is 0 Å². The lowest BCUT2D eigenvalue weighted by Gasteiger charge is -2.17. The summed E-state index contributed by atoms with van der Waals surface area (Å²) < 4.78 is 16.5. The zero-order valence-electron chi connectivity index (χ0n) is 17.3. The van der Waals surface area contributed by atoms with Crippen LogP contribution >= 0.6 is 23.8 Å². The minimum atomic E-state index is -0.565. The number of H-pyrrole nitrogens is 2. The predicted molar refractivity (Wildman–Crippen MR) is 127 cm³/mol. The molecule has 3 heterocycles. The Hall–Kier alpha value is -3.21. The summed E-state index contributed by atoms with van der Waals surface area (Å²) >= 11 is 11.5. The molecule has 2 aromatic heterocycles. The Balaban J connectivity index is 1.57. The SMILES string of the molecule is O=C(CNc1[nH]c(=S)n(-c2ccc3nc[nH]c3c2)c1-c1ccc(Cl)c(F)c1)N1CCC(O)C1. The third-order valence-electron chi connectivity index (χ3n) is 5.68. The summed E-state index contributed by atoms with van der Waals surface area (Å²) in [5.41, 5.74) is 3.45. The average Bonchev–Trinajstić information content (AvgIpc) is 3.51. The van der Waals surface area contributed by atoms with Crippen LogP contribution in [0.3, 0.4) is 0 Å². The molecule has 1 saturated heterocycles. The Morgan fingerprint density at radius 1 is 1.33 bits per heavy atom. The van der Waals surface area contributed by atoms with Gasteiger partial charge in [0, 0.05) is 18.7 Å². The number of aliphatic hydroxyl groups is 1. The Labute approximate surface area is 198 Å². The molecule has 1 fully saturated rings. The molecule has 0 bridgehead atoms. The van der Waals surface area contributed by atoms with Gasteiger partial charge in [0.1, 0.15) is 11.6 Å². The maximum absolute atomic E-state index is 14.4. The highest BCUT2D eigenvalue weighted by Crippen LogP contribution is 2.33. The first-order chi connectivity index (χ1) is 15.9. The van der Waals surface area contributed by atoms with Crippen LogP contribution in [0.2, 0.25) is 5.02 Å². The average molecular weight is 487 g/mol. The van der Waals surface area contributed by atoms with Gasteiger partial charge in [-0.2, -0.15) is 0 Å². The van der Waals surface area contributed by atoms with E-state index in [0.717, 1.165) is 16.7 Å². The van der Waals surface area contributed by atoms with Crippen molar-refractivity contribution in [2.45, 2.75) is 12.5 Å². The van der Waals surface area contributed by atoms with E-state index in [-0.39, 0.29) is 17.5 Å². The fraction of sp³-hybridized carbons (Fsp3) is 0.227. The molecular formula is C22H20ClFN6O2S. The zero-order chi connectivity index (χ0) is 23.1. The molecule has 1 amide bonds. The van der Waals surface area contributed by atoms with Gasteiger partial charge in [0.25, 0.3) is 0 Å². The number of nitrogens with zero attached hydrogens (tertiary/aromatic N) is 3. The molecule has 0 radical (unpaired) electrons. The molecular weight excluding hydrogens is 467 g/mol. The third kappa shape index (κ3) is 4.12. The number of rotatable bonds is 5. The summed E-state index contributed by atoms with van der Waals surface area (Å²) in [6.07, 6.45) is 1.68. The predicted octanol–water partition coefficient (Wildman–Crippen LogP) is 3.88. The maximum atomic E-state index is 14.4. The number of aliphatic hydroxyl groups excluding tert-OH is 1. The van der Waals surface area contributed by atoms with E-state index in [1.165, 1.54) is 12.1 Å². The van der Waals surface area contributed by atoms with E-state index in [0.29, 0.717) is 41.4 Å². The van der Waals surface area contributed by atoms with Gasteiger partial charge in [-0.05, 0) is 49.0 Å². The standard InChI is InChI=1S/C22H20ClFN6O2S/c23-15-3-1-12(7-16(15)24)20-21(25-9-19(32)29-6-5-14(31)10-29)28-22(33)30(20)13-2-4-17-18(8-13)27-11-26-17/h1-4,7-8,11,14,25,31H,5-6,9-10H2,(H,26,27)(H,28,33). The summed E-state index contributed by atoms with van der Waals surface area (Å²) in [6, 6.07) is 10.1. The minimum Gasteiger partial charge on any atom is -0.391 e. The van der Waals surface area contributed by atoms with Crippen molar-refractivity contribution in [3.63, 3.8) is 0 Å². The van der Waals surface area contributed by atoms with Crippen molar-refractivity contribution < 1.29 is 14.3 Å². The second-order valence-electron chi connectivity index (χ2n) is 7.86. The number of aromatic nitrogens is 4. The lowest BCUT2D eigenvalue weighted by atomic mass is 10.1. The number of imidazole rings is 2. The summed E-state index contributed by atoms with van der Waals surface area (Å²) in [5, 5.41) is 12.8. The summed E-state index contributed by atoms with van der Waals surface area (Å²) in [4.78, 5) is 24.6. The molecule has 2 aromatic carbocycles. The van der Waals surface area contributed by atoms with Crippen molar-refractivity contribution in [3.8, 4) is 16.9 Å². The number of hydrogen-bond acceptors (Lipinski definition) is 5. The molecule has 0 aliphatic carbocycles. The molecule has 5 rings (SSSR count). The number of likely N-dealkylation sites (tertiary alicyclic amines) is 1. The first-order valence-electron chi connectivity index (χ1n) is 10.3. The van der Waals surface area contributed by atoms with Gasteiger partial charge >= 0.3 is 0 Å². The smallest absolute Gasteiger partial charge is 0.242 e. The van der Waals surface area contributed by atoms with Crippen LogP contribution in [0, 0.1) is 10.6 Å². The van der Waals surface area contributed by atoms with E-state index in [1.54, 1.807) is 21.9 Å². The lowest BCUT2D eigenvalue weighted by Crippen LogP contribution is -2.34. The lowest BCUT2D eigenvalue weighted by molar-refractivity contribution is -0.128. The molecule has 11 heteroatoms. The van der Waals surface area contributed by atoms with Gasteiger partial charge in [-0.3, -0.25) is 9.36 Å². The summed E-state index contributed by atoms with van der Waals surface area (Å²) in [6.45, 7) is 0.819. The fourth-order valence-corrected chi connectivity index (χ4v) is 4.45. The van der Waals surface area contributed by atoms with Crippen LogP contribution in [-0.4, -0.2) is 61.2 Å². The number of carbonyl (C=O) groups is 1. The topological polar surface area (TPSA) is 102 Å². The van der Waals surface area contributed by atoms with Crippen LogP contribution in [0.5, 0.6) is 0 Å². The van der Waals surface area contributed by atoms with Crippen molar-refractivity contribution >= 4 is 46.6 Å². The summed E-state index contributed by atoms with van der Waals surface area (Å²) in [5.74, 6) is -0.241. The number of carbonyl (C=O) groups excluding carboxylic acids is 1. The van der Waals surface area contributed by atoms with Gasteiger partial charge in [0.05, 0.1) is 46.4 Å². The molecule has 170 valence electrons. The van der Waals surface area contributed by atoms with E-state index in [1.807, 2.05) is 18.2 Å². The molecule has 0 spiro atoms. The molecule has 8 nitrogen and oxygen atoms in total. The van der Waals surface area contributed by atoms with Crippen LogP contribution in [0.15, 0.2) is 42.7 Å². The zero-order valence-corrected chi connectivity index (χ0v) is 18.9. The third-order valence-corrected chi connectivity index (χ3v) is 6.27. The van der Waals surface area contributed by atoms with E-state index < -0.39 is 11.9 Å². The first kappa shape index (κ1) is 21.6. The quantitative estimate of drug-likeness (QED) is 0.321. The van der Waals surface area contributed by atoms with Crippen LogP contribution in [0.1, 0.15) is 6.42 Å². The fourth-order valence-electron chi connectivity index (χ4n) is 4.03. The highest BCUT2D eigenvalue weighted by Gasteiger charge is 2.25. The number of halogens is 2. The number of anilines is 1. The molecule has 33 heavy (non-hydrogen) atoms. The second kappa shape index (κ2) is 8.62. The van der Waals surface area contributed by atoms with Crippen LogP contribution in [0.25, 0.3) is 28.0 Å². The molecule has 1 unspecified atom stereocenters. The van der Waals surface area contributed by atoms with Gasteiger partial charge in [0.15, 0.2) is 4.77 Å². The van der Waals surface area contributed by atoms with Gasteiger partial charge in [-0.1, -0.05) is 17.7 Å². The van der Waals surface area contributed by atoms with Gasteiger partial charge in [0.2, 0.25) is 5.91 Å². The van der Waals surface area contributed by atoms with Crippen molar-refractivity contribution in [1.82, 2.24) is 24.4 Å². The monoisotopic (exact) mass is 486 g/mol. The van der Waals surface area contributed by atoms with Crippen LogP contribution in [0.4, 0.5) is 10.2 Å². The molecule has 1 aliphatic heterocycles. The first-order valence-corrected chi connectivity index (χ1v) is 11.1. The van der Waals surface area contributed by atoms with Crippen molar-refractivity contribution in [2.75, 3.05) is 25.0 Å². The minimum absolute atomic E-state index is 0.00926. The van der Waals surface area contributed by atoms with Gasteiger partial charge < -0.3 is 25.3 Å². The maximum Gasteiger partial charge on any atom is 0.242 e. The number of benzene rings is 2. The number of nitrogens with one attached hydrogen (secondary N) is 3. The Bertz CT molecular complexity index is 1410. The number of hydrogen-bond donors (Lipinski definition) is 4. The van der Waals surface area contributed by atoms with E-state index in [2.05, 4.69) is 20.3 Å². The van der Waals surface area contributed by atoms with E-state index in [9.17, 15) is 14.3 Å². The Kier molecular flexibility index (Phi) is 5.65. The number of β-amino-alcohol motifs (C(OH)–C–C–N with tert-alkyl or cyclic N) is 1. The molecule has 1 aliphatic rings. The van der Waals surface area contributed by atoms with Crippen LogP contribution in [-0.2, 0) is 4.79 Å². The Morgan fingerprint density at radius 2 is 2.18 bits per heavy atom. The molecule has 0 saturated carbocycles. The normalized spacial score (nSPS) is 16.0. The van der Waals surface area contributed by atoms with Crippen LogP contribution < -0.4 is 5.32 Å². The van der Waals surface area contributed by atoms with Crippen molar-refractivity contribution in [3.05, 3.63) is 58.3 Å². The van der Waals surface area contributed by atoms with Gasteiger partial charge in [-0.25, -0.2) is 9.37 Å². The van der Waals surface area contributed by atoms with Gasteiger partial charge in [-0.15, -0.1) is 0 Å². The largest absolute Gasteiger partial charge is 0.391 e. The van der Waals surface area contributed by atoms with E-state index in [4.69, 9.17) is 23.8 Å². The van der Waals surface area contributed by atoms with E-state index >= 15 is 0 Å². The number of aromatic amines is 2.